The molecule has 11 heteroatoms. The van der Waals surface area contributed by atoms with E-state index in [0.29, 0.717) is 0 Å². The van der Waals surface area contributed by atoms with E-state index in [1.54, 1.807) is 5.32 Å². The Morgan fingerprint density at radius 1 is 1.04 bits per heavy atom. The molecule has 0 heterocycles. The van der Waals surface area contributed by atoms with Gasteiger partial charge in [0.1, 0.15) is 6.54 Å². The molecule has 0 aliphatic carbocycles. The molecule has 2 aromatic rings. The van der Waals surface area contributed by atoms with Crippen molar-refractivity contribution >= 4 is 15.9 Å². The fraction of sp³-hybridized carbons (Fsp3) is 0.235. The Bertz CT molecular complexity index is 960. The van der Waals surface area contributed by atoms with E-state index in [0.717, 1.165) is 36.4 Å². The summed E-state index contributed by atoms with van der Waals surface area (Å²) >= 11 is 0. The van der Waals surface area contributed by atoms with Crippen LogP contribution in [0, 0.1) is 11.6 Å². The molecular formula is C17H15F5N2O3S. The van der Waals surface area contributed by atoms with Crippen LogP contribution >= 0.6 is 0 Å². The molecule has 152 valence electrons. The van der Waals surface area contributed by atoms with Crippen LogP contribution in [0.2, 0.25) is 0 Å². The summed E-state index contributed by atoms with van der Waals surface area (Å²) in [6.07, 6.45) is -4.57. The zero-order chi connectivity index (χ0) is 21.1. The molecule has 0 saturated carbocycles. The number of carbonyl (C=O) groups excluding carboxylic acids is 1. The topological polar surface area (TPSA) is 75.3 Å². The SMILES string of the molecule is CC(NS(=O)(=O)c1ccc(C(=O)NCC(F)(F)F)cc1)c1ccc(F)c(F)c1. The number of sulfonamides is 1. The van der Waals surface area contributed by atoms with Crippen LogP contribution in [0.15, 0.2) is 47.4 Å². The number of hydrogen-bond acceptors (Lipinski definition) is 3. The van der Waals surface area contributed by atoms with Crippen LogP contribution in [0.25, 0.3) is 0 Å². The highest BCUT2D eigenvalue weighted by atomic mass is 32.2. The van der Waals surface area contributed by atoms with Crippen LogP contribution in [0.1, 0.15) is 28.9 Å². The number of rotatable bonds is 6. The maximum absolute atomic E-state index is 13.3. The number of nitrogens with one attached hydrogen (secondary N) is 2. The predicted octanol–water partition coefficient (Wildman–Crippen LogP) is 3.30. The monoisotopic (exact) mass is 422 g/mol. The third-order valence-electron chi connectivity index (χ3n) is 3.65. The van der Waals surface area contributed by atoms with Crippen LogP contribution in [-0.2, 0) is 10.0 Å². The summed E-state index contributed by atoms with van der Waals surface area (Å²) in [6.45, 7) is -0.0949. The summed E-state index contributed by atoms with van der Waals surface area (Å²) in [4.78, 5) is 11.4. The minimum atomic E-state index is -4.57. The lowest BCUT2D eigenvalue weighted by Gasteiger charge is -2.15. The first-order valence-electron chi connectivity index (χ1n) is 7.81. The molecule has 0 bridgehead atoms. The van der Waals surface area contributed by atoms with Gasteiger partial charge in [-0.25, -0.2) is 21.9 Å². The van der Waals surface area contributed by atoms with E-state index in [-0.39, 0.29) is 16.0 Å². The molecule has 0 saturated heterocycles. The van der Waals surface area contributed by atoms with Gasteiger partial charge in [-0.3, -0.25) is 4.79 Å². The summed E-state index contributed by atoms with van der Waals surface area (Å²) in [7, 11) is -4.09. The number of amides is 1. The van der Waals surface area contributed by atoms with Crippen molar-refractivity contribution in [2.45, 2.75) is 24.0 Å². The van der Waals surface area contributed by atoms with Crippen LogP contribution in [0.5, 0.6) is 0 Å². The van der Waals surface area contributed by atoms with E-state index >= 15 is 0 Å². The van der Waals surface area contributed by atoms with Crippen molar-refractivity contribution in [3.05, 3.63) is 65.2 Å². The van der Waals surface area contributed by atoms with Gasteiger partial charge in [-0.05, 0) is 48.9 Å². The van der Waals surface area contributed by atoms with E-state index < -0.39 is 46.3 Å². The maximum Gasteiger partial charge on any atom is 0.405 e. The first-order valence-corrected chi connectivity index (χ1v) is 9.29. The highest BCUT2D eigenvalue weighted by molar-refractivity contribution is 7.89. The van der Waals surface area contributed by atoms with Crippen LogP contribution in [-0.4, -0.2) is 27.0 Å². The number of carbonyl (C=O) groups is 1. The van der Waals surface area contributed by atoms with Gasteiger partial charge in [-0.15, -0.1) is 0 Å². The minimum Gasteiger partial charge on any atom is -0.343 e. The van der Waals surface area contributed by atoms with Gasteiger partial charge in [0, 0.05) is 11.6 Å². The second kappa shape index (κ2) is 8.23. The molecule has 5 nitrogen and oxygen atoms in total. The summed E-state index contributed by atoms with van der Waals surface area (Å²) in [5.74, 6) is -3.21. The van der Waals surface area contributed by atoms with Gasteiger partial charge in [0.05, 0.1) is 4.90 Å². The van der Waals surface area contributed by atoms with Crippen LogP contribution < -0.4 is 10.0 Å². The normalized spacial score (nSPS) is 13.2. The summed E-state index contributed by atoms with van der Waals surface area (Å²) in [5, 5.41) is 1.67. The van der Waals surface area contributed by atoms with Crippen molar-refractivity contribution in [1.82, 2.24) is 10.0 Å². The van der Waals surface area contributed by atoms with Crippen LogP contribution in [0.3, 0.4) is 0 Å². The minimum absolute atomic E-state index is 0.156. The van der Waals surface area contributed by atoms with Crippen molar-refractivity contribution in [2.24, 2.45) is 0 Å². The molecular weight excluding hydrogens is 407 g/mol. The van der Waals surface area contributed by atoms with Crippen molar-refractivity contribution < 1.29 is 35.2 Å². The summed E-state index contributed by atoms with van der Waals surface area (Å²) < 4.78 is 89.6. The Labute approximate surface area is 157 Å². The highest BCUT2D eigenvalue weighted by Gasteiger charge is 2.28. The molecule has 0 spiro atoms. The number of hydrogen-bond donors (Lipinski definition) is 2. The zero-order valence-electron chi connectivity index (χ0n) is 14.3. The van der Waals surface area contributed by atoms with E-state index in [1.807, 2.05) is 0 Å². The van der Waals surface area contributed by atoms with Gasteiger partial charge in [0.25, 0.3) is 5.91 Å². The molecule has 1 amide bonds. The van der Waals surface area contributed by atoms with Gasteiger partial charge in [0.15, 0.2) is 11.6 Å². The van der Waals surface area contributed by atoms with Gasteiger partial charge < -0.3 is 5.32 Å². The zero-order valence-corrected chi connectivity index (χ0v) is 15.2. The molecule has 0 radical (unpaired) electrons. The predicted molar refractivity (Wildman–Crippen MR) is 89.9 cm³/mol. The maximum atomic E-state index is 13.3. The summed E-state index contributed by atoms with van der Waals surface area (Å²) in [6, 6.07) is 6.26. The Morgan fingerprint density at radius 3 is 2.18 bits per heavy atom. The Kier molecular flexibility index (Phi) is 6.40. The van der Waals surface area contributed by atoms with Crippen molar-refractivity contribution in [2.75, 3.05) is 6.54 Å². The molecule has 0 aromatic heterocycles. The molecule has 2 aromatic carbocycles. The quantitative estimate of drug-likeness (QED) is 0.702. The van der Waals surface area contributed by atoms with Gasteiger partial charge in [-0.1, -0.05) is 6.07 Å². The molecule has 1 unspecified atom stereocenters. The first kappa shape index (κ1) is 21.8. The lowest BCUT2D eigenvalue weighted by Crippen LogP contribution is -2.33. The van der Waals surface area contributed by atoms with Crippen molar-refractivity contribution in [3.63, 3.8) is 0 Å². The lowest BCUT2D eigenvalue weighted by molar-refractivity contribution is -0.123. The number of benzene rings is 2. The molecule has 0 aliphatic heterocycles. The fourth-order valence-corrected chi connectivity index (χ4v) is 3.45. The van der Waals surface area contributed by atoms with Crippen molar-refractivity contribution in [1.29, 1.82) is 0 Å². The van der Waals surface area contributed by atoms with E-state index in [1.165, 1.54) is 13.0 Å². The standard InChI is InChI=1S/C17H15F5N2O3S/c1-10(12-4-7-14(18)15(19)8-12)24-28(26,27)13-5-2-11(3-6-13)16(25)23-9-17(20,21)22/h2-8,10,24H,9H2,1H3,(H,23,25). The summed E-state index contributed by atoms with van der Waals surface area (Å²) in [5.41, 5.74) is 0.0301. The van der Waals surface area contributed by atoms with Gasteiger partial charge in [0.2, 0.25) is 10.0 Å². The number of halogens is 5. The molecule has 0 aliphatic rings. The van der Waals surface area contributed by atoms with Gasteiger partial charge in [-0.2, -0.15) is 13.2 Å². The average molecular weight is 422 g/mol. The second-order valence-electron chi connectivity index (χ2n) is 5.84. The molecule has 2 rings (SSSR count). The van der Waals surface area contributed by atoms with E-state index in [4.69, 9.17) is 0 Å². The van der Waals surface area contributed by atoms with Crippen molar-refractivity contribution in [3.8, 4) is 0 Å². The lowest BCUT2D eigenvalue weighted by atomic mass is 10.1. The molecule has 2 N–H and O–H groups in total. The first-order chi connectivity index (χ1) is 12.9. The fourth-order valence-electron chi connectivity index (χ4n) is 2.22. The Balaban J connectivity index is 2.10. The molecule has 0 fully saturated rings. The Morgan fingerprint density at radius 2 is 1.64 bits per heavy atom. The average Bonchev–Trinajstić information content (AvgIpc) is 2.61. The number of alkyl halides is 3. The van der Waals surface area contributed by atoms with Gasteiger partial charge >= 0.3 is 6.18 Å². The third kappa shape index (κ3) is 5.73. The molecule has 1 atom stereocenters. The largest absolute Gasteiger partial charge is 0.405 e. The molecule has 28 heavy (non-hydrogen) atoms. The second-order valence-corrected chi connectivity index (χ2v) is 7.55. The smallest absolute Gasteiger partial charge is 0.343 e. The Hall–Kier alpha value is -2.53. The van der Waals surface area contributed by atoms with E-state index in [2.05, 4.69) is 4.72 Å². The third-order valence-corrected chi connectivity index (χ3v) is 5.21. The highest BCUT2D eigenvalue weighted by Crippen LogP contribution is 2.20. The van der Waals surface area contributed by atoms with E-state index in [9.17, 15) is 35.2 Å². The van der Waals surface area contributed by atoms with Crippen LogP contribution in [0.4, 0.5) is 22.0 Å².